The van der Waals surface area contributed by atoms with Crippen LogP contribution in [0.3, 0.4) is 0 Å². The zero-order valence-corrected chi connectivity index (χ0v) is 17.3. The lowest BCUT2D eigenvalue weighted by atomic mass is 10.1. The smallest absolute Gasteiger partial charge is 0.325 e. The highest BCUT2D eigenvalue weighted by atomic mass is 35.5. The zero-order chi connectivity index (χ0) is 20.3. The number of sulfonamides is 1. The number of aromatic nitrogens is 1. The van der Waals surface area contributed by atoms with Crippen LogP contribution in [0.5, 0.6) is 0 Å². The molecule has 0 aliphatic carbocycles. The fourth-order valence-electron chi connectivity index (χ4n) is 2.82. The summed E-state index contributed by atoms with van der Waals surface area (Å²) >= 11 is 7.25. The summed E-state index contributed by atoms with van der Waals surface area (Å²) in [5.41, 5.74) is 0.605. The van der Waals surface area contributed by atoms with Crippen molar-refractivity contribution in [3.63, 3.8) is 0 Å². The van der Waals surface area contributed by atoms with E-state index >= 15 is 0 Å². The number of nitrogens with zero attached hydrogens (tertiary/aromatic N) is 2. The van der Waals surface area contributed by atoms with E-state index in [9.17, 15) is 18.0 Å². The lowest BCUT2D eigenvalue weighted by Crippen LogP contribution is -2.53. The number of hydrogen-bond acceptors (Lipinski definition) is 7. The van der Waals surface area contributed by atoms with E-state index in [1.165, 1.54) is 35.6 Å². The van der Waals surface area contributed by atoms with E-state index in [0.717, 1.165) is 4.88 Å². The Balaban J connectivity index is 1.72. The molecule has 8 nitrogen and oxygen atoms in total. The number of thiophene rings is 1. The first-order chi connectivity index (χ1) is 13.3. The average molecular weight is 444 g/mol. The van der Waals surface area contributed by atoms with Gasteiger partial charge in [0, 0.05) is 12.7 Å². The van der Waals surface area contributed by atoms with Gasteiger partial charge in [0.15, 0.2) is 0 Å². The van der Waals surface area contributed by atoms with Crippen LogP contribution < -0.4 is 4.72 Å². The number of carbonyl (C=O) groups is 2. The van der Waals surface area contributed by atoms with Crippen LogP contribution in [0.25, 0.3) is 10.6 Å². The van der Waals surface area contributed by atoms with Crippen molar-refractivity contribution in [1.29, 1.82) is 0 Å². The van der Waals surface area contributed by atoms with Gasteiger partial charge in [-0.2, -0.15) is 4.72 Å². The first-order valence-electron chi connectivity index (χ1n) is 8.40. The van der Waals surface area contributed by atoms with E-state index in [1.54, 1.807) is 18.2 Å². The van der Waals surface area contributed by atoms with Gasteiger partial charge in [-0.25, -0.2) is 8.42 Å². The Bertz CT molecular complexity index is 975. The summed E-state index contributed by atoms with van der Waals surface area (Å²) in [6, 6.07) is 5.63. The monoisotopic (exact) mass is 443 g/mol. The minimum Gasteiger partial charge on any atom is -0.468 e. The SMILES string of the molecule is COC(=O)CN1CCC[C@H](NS(=O)(=O)c2ccc(-c3ccc(Cl)s3)nc2)C1=O. The number of amides is 1. The molecule has 28 heavy (non-hydrogen) atoms. The van der Waals surface area contributed by atoms with Gasteiger partial charge in [-0.1, -0.05) is 11.6 Å². The Kier molecular flexibility index (Phi) is 6.33. The molecule has 0 bridgehead atoms. The van der Waals surface area contributed by atoms with Crippen molar-refractivity contribution < 1.29 is 22.7 Å². The maximum atomic E-state index is 12.7. The minimum atomic E-state index is -3.94. The first kappa shape index (κ1) is 20.7. The maximum Gasteiger partial charge on any atom is 0.325 e. The summed E-state index contributed by atoms with van der Waals surface area (Å²) in [6.45, 7) is 0.180. The molecule has 1 aliphatic rings. The summed E-state index contributed by atoms with van der Waals surface area (Å²) in [6.07, 6.45) is 2.17. The van der Waals surface area contributed by atoms with Gasteiger partial charge < -0.3 is 9.64 Å². The molecule has 1 saturated heterocycles. The molecule has 1 atom stereocenters. The van der Waals surface area contributed by atoms with Crippen molar-refractivity contribution >= 4 is 44.8 Å². The van der Waals surface area contributed by atoms with Gasteiger partial charge in [-0.15, -0.1) is 11.3 Å². The lowest BCUT2D eigenvalue weighted by molar-refractivity contribution is -0.148. The van der Waals surface area contributed by atoms with Crippen LogP contribution in [0.15, 0.2) is 35.4 Å². The predicted molar refractivity (Wildman–Crippen MR) is 104 cm³/mol. The van der Waals surface area contributed by atoms with E-state index in [-0.39, 0.29) is 11.4 Å². The van der Waals surface area contributed by atoms with Crippen LogP contribution in [0, 0.1) is 0 Å². The molecule has 11 heteroatoms. The third-order valence-electron chi connectivity index (χ3n) is 4.25. The topological polar surface area (TPSA) is 106 Å². The van der Waals surface area contributed by atoms with Crippen LogP contribution in [0.2, 0.25) is 4.34 Å². The molecule has 1 N–H and O–H groups in total. The van der Waals surface area contributed by atoms with Crippen LogP contribution in [0.1, 0.15) is 12.8 Å². The molecule has 3 rings (SSSR count). The maximum absolute atomic E-state index is 12.7. The van der Waals surface area contributed by atoms with Crippen molar-refractivity contribution in [3.05, 3.63) is 34.8 Å². The summed E-state index contributed by atoms with van der Waals surface area (Å²) in [5.74, 6) is -0.997. The second-order valence-electron chi connectivity index (χ2n) is 6.13. The van der Waals surface area contributed by atoms with Crippen molar-refractivity contribution in [1.82, 2.24) is 14.6 Å². The Morgan fingerprint density at radius 3 is 2.79 bits per heavy atom. The van der Waals surface area contributed by atoms with E-state index < -0.39 is 27.9 Å². The van der Waals surface area contributed by atoms with Crippen LogP contribution in [-0.2, 0) is 24.3 Å². The fourth-order valence-corrected chi connectivity index (χ4v) is 5.01. The van der Waals surface area contributed by atoms with E-state index in [0.29, 0.717) is 29.4 Å². The summed E-state index contributed by atoms with van der Waals surface area (Å²) in [5, 5.41) is 0. The fraction of sp³-hybridized carbons (Fsp3) is 0.353. The molecule has 0 radical (unpaired) electrons. The molecule has 1 aliphatic heterocycles. The van der Waals surface area contributed by atoms with Gasteiger partial charge in [0.05, 0.1) is 22.0 Å². The van der Waals surface area contributed by atoms with Crippen molar-refractivity contribution in [2.45, 2.75) is 23.8 Å². The van der Waals surface area contributed by atoms with Crippen molar-refractivity contribution in [2.24, 2.45) is 0 Å². The predicted octanol–water partition coefficient (Wildman–Crippen LogP) is 1.91. The number of rotatable bonds is 6. The third-order valence-corrected chi connectivity index (χ3v) is 6.96. The highest BCUT2D eigenvalue weighted by Gasteiger charge is 2.33. The number of pyridine rings is 1. The van der Waals surface area contributed by atoms with Gasteiger partial charge in [-0.05, 0) is 37.1 Å². The summed E-state index contributed by atoms with van der Waals surface area (Å²) in [7, 11) is -2.71. The van der Waals surface area contributed by atoms with Gasteiger partial charge in [0.2, 0.25) is 15.9 Å². The number of ether oxygens (including phenoxy) is 1. The van der Waals surface area contributed by atoms with E-state index in [2.05, 4.69) is 14.4 Å². The molecule has 3 heterocycles. The first-order valence-corrected chi connectivity index (χ1v) is 11.1. The molecule has 0 aromatic carbocycles. The standard InChI is InChI=1S/C17H18ClN3O5S2/c1-26-16(22)10-21-8-2-3-13(17(21)23)20-28(24,25)11-4-5-12(19-9-11)14-6-7-15(18)27-14/h4-7,9,13,20H,2-3,8,10H2,1H3/t13-/m0/s1. The van der Waals surface area contributed by atoms with Crippen LogP contribution in [0.4, 0.5) is 0 Å². The third kappa shape index (κ3) is 4.69. The number of nitrogens with one attached hydrogen (secondary N) is 1. The lowest BCUT2D eigenvalue weighted by Gasteiger charge is -2.31. The van der Waals surface area contributed by atoms with Gasteiger partial charge >= 0.3 is 5.97 Å². The van der Waals surface area contributed by atoms with E-state index in [4.69, 9.17) is 11.6 Å². The minimum absolute atomic E-state index is 0.0446. The molecule has 0 spiro atoms. The Morgan fingerprint density at radius 1 is 1.39 bits per heavy atom. The molecule has 0 saturated carbocycles. The highest BCUT2D eigenvalue weighted by molar-refractivity contribution is 7.89. The Morgan fingerprint density at radius 2 is 2.18 bits per heavy atom. The summed E-state index contributed by atoms with van der Waals surface area (Å²) < 4.78 is 32.9. The molecule has 0 unspecified atom stereocenters. The Hall–Kier alpha value is -2.01. The van der Waals surface area contributed by atoms with Crippen LogP contribution in [-0.4, -0.2) is 56.4 Å². The second kappa shape index (κ2) is 8.56. The number of piperidine rings is 1. The number of halogens is 1. The molecule has 2 aromatic heterocycles. The number of methoxy groups -OCH3 is 1. The number of esters is 1. The van der Waals surface area contributed by atoms with Gasteiger partial charge in [-0.3, -0.25) is 14.6 Å². The number of likely N-dealkylation sites (tertiary alicyclic amines) is 1. The molecule has 150 valence electrons. The number of carbonyl (C=O) groups excluding carboxylic acids is 2. The van der Waals surface area contributed by atoms with Gasteiger partial charge in [0.25, 0.3) is 0 Å². The second-order valence-corrected chi connectivity index (χ2v) is 9.56. The average Bonchev–Trinajstić information content (AvgIpc) is 3.11. The molecule has 1 amide bonds. The molecular weight excluding hydrogens is 426 g/mol. The zero-order valence-electron chi connectivity index (χ0n) is 14.9. The largest absolute Gasteiger partial charge is 0.468 e. The molecule has 1 fully saturated rings. The Labute approximate surface area is 171 Å². The van der Waals surface area contributed by atoms with E-state index in [1.807, 2.05) is 0 Å². The number of hydrogen-bond donors (Lipinski definition) is 1. The van der Waals surface area contributed by atoms with Gasteiger partial charge in [0.1, 0.15) is 17.5 Å². The quantitative estimate of drug-likeness (QED) is 0.683. The normalized spacial score (nSPS) is 17.6. The molecule has 2 aromatic rings. The van der Waals surface area contributed by atoms with Crippen LogP contribution >= 0.6 is 22.9 Å². The highest BCUT2D eigenvalue weighted by Crippen LogP contribution is 2.30. The molecular formula is C17H18ClN3O5S2. The van der Waals surface area contributed by atoms with Crippen molar-refractivity contribution in [2.75, 3.05) is 20.2 Å². The van der Waals surface area contributed by atoms with Crippen molar-refractivity contribution in [3.8, 4) is 10.6 Å². The summed E-state index contributed by atoms with van der Waals surface area (Å²) in [4.78, 5) is 30.2.